The van der Waals surface area contributed by atoms with Gasteiger partial charge < -0.3 is 15.7 Å². The molecular formula is C12H14Cl3N5O. The highest BCUT2D eigenvalue weighted by atomic mass is 35.5. The molecule has 0 spiro atoms. The van der Waals surface area contributed by atoms with Gasteiger partial charge in [0.2, 0.25) is 5.95 Å². The van der Waals surface area contributed by atoms with Crippen LogP contribution in [0.2, 0.25) is 10.0 Å². The summed E-state index contributed by atoms with van der Waals surface area (Å²) in [7, 11) is 1.73. The van der Waals surface area contributed by atoms with Gasteiger partial charge in [-0.2, -0.15) is 4.98 Å². The summed E-state index contributed by atoms with van der Waals surface area (Å²) in [6.45, 7) is 0.375. The number of likely N-dealkylation sites (N-methyl/N-ethyl adjacent to an activating group) is 1. The number of hydrogen-bond acceptors (Lipinski definition) is 6. The number of aliphatic hydroxyl groups excluding tert-OH is 1. The van der Waals surface area contributed by atoms with Crippen LogP contribution in [0.15, 0.2) is 18.2 Å². The first kappa shape index (κ1) is 17.7. The molecule has 0 amide bonds. The Hall–Kier alpha value is -1.34. The first-order valence-corrected chi connectivity index (χ1v) is 6.56. The summed E-state index contributed by atoms with van der Waals surface area (Å²) >= 11 is 12.1. The molecule has 3 N–H and O–H groups in total. The number of aromatic nitrogens is 3. The molecule has 1 aromatic heterocycles. The first-order chi connectivity index (χ1) is 9.54. The Labute approximate surface area is 138 Å². The number of nitrogen functional groups attached to an aromatic ring is 1. The van der Waals surface area contributed by atoms with Crippen molar-refractivity contribution in [1.29, 1.82) is 0 Å². The molecule has 2 aromatic rings. The quantitative estimate of drug-likeness (QED) is 0.879. The maximum atomic E-state index is 8.89. The largest absolute Gasteiger partial charge is 0.395 e. The molecule has 2 rings (SSSR count). The van der Waals surface area contributed by atoms with Gasteiger partial charge in [0.25, 0.3) is 0 Å². The topological polar surface area (TPSA) is 88.2 Å². The molecule has 114 valence electrons. The van der Waals surface area contributed by atoms with Gasteiger partial charge in [0.1, 0.15) is 5.69 Å². The zero-order valence-electron chi connectivity index (χ0n) is 11.1. The van der Waals surface area contributed by atoms with Gasteiger partial charge in [0.05, 0.1) is 16.7 Å². The SMILES string of the molecule is CN(CCO)c1nnc(-c2cccc(Cl)c2Cl)c(N)n1.Cl. The molecule has 21 heavy (non-hydrogen) atoms. The minimum atomic E-state index is -0.0123. The molecule has 0 atom stereocenters. The number of nitrogens with two attached hydrogens (primary N) is 1. The number of nitrogens with zero attached hydrogens (tertiary/aromatic N) is 4. The van der Waals surface area contributed by atoms with Gasteiger partial charge >= 0.3 is 0 Å². The summed E-state index contributed by atoms with van der Waals surface area (Å²) in [4.78, 5) is 5.80. The highest BCUT2D eigenvalue weighted by Crippen LogP contribution is 2.34. The third kappa shape index (κ3) is 3.85. The van der Waals surface area contributed by atoms with E-state index in [2.05, 4.69) is 15.2 Å². The van der Waals surface area contributed by atoms with Gasteiger partial charge in [-0.05, 0) is 6.07 Å². The lowest BCUT2D eigenvalue weighted by Crippen LogP contribution is -2.24. The Balaban J connectivity index is 0.00000220. The number of aliphatic hydroxyl groups is 1. The normalized spacial score (nSPS) is 10.1. The van der Waals surface area contributed by atoms with Crippen LogP contribution in [0.3, 0.4) is 0 Å². The third-order valence-corrected chi connectivity index (χ3v) is 3.50. The first-order valence-electron chi connectivity index (χ1n) is 5.81. The summed E-state index contributed by atoms with van der Waals surface area (Å²) in [5, 5.41) is 17.7. The fraction of sp³-hybridized carbons (Fsp3) is 0.250. The zero-order valence-corrected chi connectivity index (χ0v) is 13.5. The second-order valence-electron chi connectivity index (χ2n) is 4.09. The van der Waals surface area contributed by atoms with Crippen LogP contribution >= 0.6 is 35.6 Å². The van der Waals surface area contributed by atoms with Gasteiger partial charge in [0.15, 0.2) is 5.82 Å². The van der Waals surface area contributed by atoms with Crippen molar-refractivity contribution < 1.29 is 5.11 Å². The van der Waals surface area contributed by atoms with E-state index < -0.39 is 0 Å². The molecule has 0 aliphatic rings. The fourth-order valence-corrected chi connectivity index (χ4v) is 2.01. The van der Waals surface area contributed by atoms with Crippen molar-refractivity contribution in [2.24, 2.45) is 0 Å². The summed E-state index contributed by atoms with van der Waals surface area (Å²) in [5.41, 5.74) is 6.85. The number of hydrogen-bond donors (Lipinski definition) is 2. The van der Waals surface area contributed by atoms with Gasteiger partial charge in [-0.3, -0.25) is 0 Å². The predicted octanol–water partition coefficient (Wildman–Crippen LogP) is 2.28. The van der Waals surface area contributed by atoms with Crippen LogP contribution in [0.1, 0.15) is 0 Å². The van der Waals surface area contributed by atoms with Gasteiger partial charge in [-0.25, -0.2) is 0 Å². The molecule has 9 heteroatoms. The molecule has 0 radical (unpaired) electrons. The van der Waals surface area contributed by atoms with Crippen molar-refractivity contribution >= 4 is 47.4 Å². The van der Waals surface area contributed by atoms with Crippen molar-refractivity contribution in [2.75, 3.05) is 30.8 Å². The smallest absolute Gasteiger partial charge is 0.247 e. The number of halogens is 3. The molecule has 0 aliphatic carbocycles. The van der Waals surface area contributed by atoms with E-state index in [9.17, 15) is 0 Å². The van der Waals surface area contributed by atoms with E-state index in [1.807, 2.05) is 0 Å². The molecule has 0 fully saturated rings. The van der Waals surface area contributed by atoms with E-state index in [1.54, 1.807) is 30.1 Å². The Kier molecular flexibility index (Phi) is 6.42. The summed E-state index contributed by atoms with van der Waals surface area (Å²) in [6, 6.07) is 5.16. The molecule has 0 saturated heterocycles. The third-order valence-electron chi connectivity index (χ3n) is 2.69. The van der Waals surface area contributed by atoms with Crippen LogP contribution in [-0.2, 0) is 0 Å². The van der Waals surface area contributed by atoms with Crippen LogP contribution in [0, 0.1) is 0 Å². The lowest BCUT2D eigenvalue weighted by molar-refractivity contribution is 0.303. The van der Waals surface area contributed by atoms with Crippen LogP contribution in [-0.4, -0.2) is 40.5 Å². The summed E-state index contributed by atoms with van der Waals surface area (Å²) in [6.07, 6.45) is 0. The maximum absolute atomic E-state index is 8.89. The van der Waals surface area contributed by atoms with Crippen molar-refractivity contribution in [1.82, 2.24) is 15.2 Å². The second kappa shape index (κ2) is 7.61. The predicted molar refractivity (Wildman–Crippen MR) is 87.3 cm³/mol. The molecule has 0 aliphatic heterocycles. The monoisotopic (exact) mass is 349 g/mol. The lowest BCUT2D eigenvalue weighted by Gasteiger charge is -2.15. The highest BCUT2D eigenvalue weighted by molar-refractivity contribution is 6.43. The minimum absolute atomic E-state index is 0. The Morgan fingerprint density at radius 3 is 2.62 bits per heavy atom. The molecule has 0 bridgehead atoms. The van der Waals surface area contributed by atoms with Crippen molar-refractivity contribution in [2.45, 2.75) is 0 Å². The Morgan fingerprint density at radius 2 is 2.00 bits per heavy atom. The van der Waals surface area contributed by atoms with E-state index in [-0.39, 0.29) is 24.8 Å². The van der Waals surface area contributed by atoms with Crippen molar-refractivity contribution in [3.05, 3.63) is 28.2 Å². The van der Waals surface area contributed by atoms with Gasteiger partial charge in [-0.15, -0.1) is 22.6 Å². The molecule has 1 aromatic carbocycles. The average Bonchev–Trinajstić information content (AvgIpc) is 2.42. The van der Waals surface area contributed by atoms with E-state index >= 15 is 0 Å². The summed E-state index contributed by atoms with van der Waals surface area (Å²) < 4.78 is 0. The second-order valence-corrected chi connectivity index (χ2v) is 4.88. The van der Waals surface area contributed by atoms with Crippen LogP contribution < -0.4 is 10.6 Å². The minimum Gasteiger partial charge on any atom is -0.395 e. The molecular weight excluding hydrogens is 337 g/mol. The molecule has 1 heterocycles. The molecule has 6 nitrogen and oxygen atoms in total. The number of anilines is 2. The van der Waals surface area contributed by atoms with E-state index in [0.717, 1.165) is 0 Å². The number of rotatable bonds is 4. The Morgan fingerprint density at radius 1 is 1.29 bits per heavy atom. The van der Waals surface area contributed by atoms with E-state index in [1.165, 1.54) is 0 Å². The van der Waals surface area contributed by atoms with Crippen LogP contribution in [0.25, 0.3) is 11.3 Å². The average molecular weight is 351 g/mol. The number of benzene rings is 1. The summed E-state index contributed by atoms with van der Waals surface area (Å²) in [5.74, 6) is 0.530. The standard InChI is InChI=1S/C12H13Cl2N5O.ClH/c1-19(5-6-20)12-16-11(15)10(17-18-12)7-3-2-4-8(13)9(7)14;/h2-4,20H,5-6H2,1H3,(H2,15,16,18);1H. The zero-order chi connectivity index (χ0) is 14.7. The molecule has 0 saturated carbocycles. The van der Waals surface area contributed by atoms with E-state index in [4.69, 9.17) is 34.0 Å². The van der Waals surface area contributed by atoms with Crippen LogP contribution in [0.5, 0.6) is 0 Å². The maximum Gasteiger partial charge on any atom is 0.247 e. The van der Waals surface area contributed by atoms with Gasteiger partial charge in [-0.1, -0.05) is 35.3 Å². The van der Waals surface area contributed by atoms with E-state index in [0.29, 0.717) is 33.8 Å². The highest BCUT2D eigenvalue weighted by Gasteiger charge is 2.15. The van der Waals surface area contributed by atoms with Crippen LogP contribution in [0.4, 0.5) is 11.8 Å². The fourth-order valence-electron chi connectivity index (χ4n) is 1.62. The van der Waals surface area contributed by atoms with Crippen molar-refractivity contribution in [3.8, 4) is 11.3 Å². The molecule has 0 unspecified atom stereocenters. The van der Waals surface area contributed by atoms with Crippen molar-refractivity contribution in [3.63, 3.8) is 0 Å². The van der Waals surface area contributed by atoms with Gasteiger partial charge in [0, 0.05) is 19.2 Å². The lowest BCUT2D eigenvalue weighted by atomic mass is 10.1. The Bertz CT molecular complexity index is 626.